The van der Waals surface area contributed by atoms with E-state index in [9.17, 15) is 24.5 Å². The third-order valence-electron chi connectivity index (χ3n) is 4.89. The molecule has 0 saturated heterocycles. The molecule has 2 amide bonds. The van der Waals surface area contributed by atoms with E-state index in [1.165, 1.54) is 19.9 Å². The summed E-state index contributed by atoms with van der Waals surface area (Å²) in [6, 6.07) is 4.79. The van der Waals surface area contributed by atoms with Gasteiger partial charge in [-0.05, 0) is 36.5 Å². The summed E-state index contributed by atoms with van der Waals surface area (Å²) in [5.74, 6) is -1.84. The van der Waals surface area contributed by atoms with Crippen LogP contribution >= 0.6 is 11.3 Å². The van der Waals surface area contributed by atoms with Gasteiger partial charge in [-0.3, -0.25) is 29.8 Å². The highest BCUT2D eigenvalue weighted by Crippen LogP contribution is 2.30. The molecule has 1 heterocycles. The lowest BCUT2D eigenvalue weighted by Crippen LogP contribution is -2.17. The monoisotopic (exact) mass is 583 g/mol. The number of nitrogens with one attached hydrogen (secondary N) is 3. The first-order chi connectivity index (χ1) is 19.2. The number of amides is 2. The number of carboxylic acids is 1. The highest BCUT2D eigenvalue weighted by atomic mass is 32.1. The summed E-state index contributed by atoms with van der Waals surface area (Å²) in [7, 11) is 0. The summed E-state index contributed by atoms with van der Waals surface area (Å²) in [5, 5.41) is 27.8. The fourth-order valence-corrected chi connectivity index (χ4v) is 3.89. The first-order valence-electron chi connectivity index (χ1n) is 12.3. The average molecular weight is 584 g/mol. The van der Waals surface area contributed by atoms with E-state index in [-0.39, 0.29) is 46.0 Å². The van der Waals surface area contributed by atoms with Gasteiger partial charge in [-0.25, -0.2) is 4.98 Å². The fourth-order valence-electron chi connectivity index (χ4n) is 3.11. The molecule has 0 fully saturated rings. The quantitative estimate of drug-likeness (QED) is 0.101. The lowest BCUT2D eigenvalue weighted by Gasteiger charge is -2.13. The maximum absolute atomic E-state index is 12.8. The maximum Gasteiger partial charge on any atom is 0.348 e. The van der Waals surface area contributed by atoms with Crippen molar-refractivity contribution >= 4 is 50.6 Å². The first-order valence-corrected chi connectivity index (χ1v) is 13.1. The van der Waals surface area contributed by atoms with E-state index in [4.69, 9.17) is 24.1 Å². The number of aromatic nitrogens is 1. The fraction of sp³-hybridized carbons (Fsp3) is 0.500. The Morgan fingerprint density at radius 2 is 1.57 bits per heavy atom. The van der Waals surface area contributed by atoms with Crippen LogP contribution in [-0.4, -0.2) is 92.2 Å². The van der Waals surface area contributed by atoms with E-state index in [0.29, 0.717) is 58.5 Å². The van der Waals surface area contributed by atoms with E-state index in [0.717, 1.165) is 11.3 Å². The van der Waals surface area contributed by atoms with E-state index in [1.807, 2.05) is 0 Å². The minimum absolute atomic E-state index is 0.0344. The van der Waals surface area contributed by atoms with Crippen molar-refractivity contribution in [2.24, 2.45) is 0 Å². The summed E-state index contributed by atoms with van der Waals surface area (Å²) in [5.41, 5.74) is 1.27. The van der Waals surface area contributed by atoms with Crippen LogP contribution in [0.15, 0.2) is 18.2 Å². The Hall–Kier alpha value is -3.70. The number of carbonyl (C=O) groups excluding carboxylic acids is 2. The molecule has 0 spiro atoms. The number of benzene rings is 1. The zero-order valence-corrected chi connectivity index (χ0v) is 23.0. The molecule has 0 radical (unpaired) electrons. The van der Waals surface area contributed by atoms with Crippen molar-refractivity contribution in [3.8, 4) is 0 Å². The molecular weight excluding hydrogens is 550 g/mol. The Balaban J connectivity index is 1.68. The number of thiazole rings is 1. The van der Waals surface area contributed by atoms with Gasteiger partial charge in [0.2, 0.25) is 5.91 Å². The highest BCUT2D eigenvalue weighted by Gasteiger charge is 2.21. The number of ether oxygens (including phenoxy) is 4. The number of aryl methyl sites for hydroxylation is 1. The molecule has 2 rings (SSSR count). The van der Waals surface area contributed by atoms with Gasteiger partial charge in [0.15, 0.2) is 5.13 Å². The van der Waals surface area contributed by atoms with E-state index in [2.05, 4.69) is 20.9 Å². The van der Waals surface area contributed by atoms with Crippen LogP contribution in [-0.2, 0) is 28.5 Å². The Morgan fingerprint density at radius 3 is 2.12 bits per heavy atom. The summed E-state index contributed by atoms with van der Waals surface area (Å²) < 4.78 is 21.3. The van der Waals surface area contributed by atoms with Gasteiger partial charge < -0.3 is 34.7 Å². The van der Waals surface area contributed by atoms with Gasteiger partial charge in [0.05, 0.1) is 75.5 Å². The van der Waals surface area contributed by atoms with Gasteiger partial charge >= 0.3 is 11.0 Å². The Morgan fingerprint density at radius 1 is 0.975 bits per heavy atom. The van der Waals surface area contributed by atoms with Crippen molar-refractivity contribution in [3.63, 3.8) is 0 Å². The van der Waals surface area contributed by atoms with E-state index < -0.39 is 16.8 Å². The molecule has 0 unspecified atom stereocenters. The molecule has 40 heavy (non-hydrogen) atoms. The summed E-state index contributed by atoms with van der Waals surface area (Å²) >= 11 is 0.751. The van der Waals surface area contributed by atoms with Crippen molar-refractivity contribution in [2.75, 3.05) is 75.4 Å². The van der Waals surface area contributed by atoms with Crippen LogP contribution in [0.25, 0.3) is 0 Å². The largest absolute Gasteiger partial charge is 0.481 e. The maximum atomic E-state index is 12.8. The third kappa shape index (κ3) is 12.4. The SMILES string of the molecule is CC(=O)Nc1cc(NCCOCCOCCOCCOCCC(=O)O)ccc1C(=O)Nc1nc(C)c([N+](=O)[O-])s1. The topological polar surface area (TPSA) is 200 Å². The van der Waals surface area contributed by atoms with Crippen molar-refractivity contribution in [1.29, 1.82) is 0 Å². The van der Waals surface area contributed by atoms with Crippen LogP contribution in [0.3, 0.4) is 0 Å². The van der Waals surface area contributed by atoms with Gasteiger partial charge in [-0.15, -0.1) is 0 Å². The molecule has 220 valence electrons. The van der Waals surface area contributed by atoms with E-state index >= 15 is 0 Å². The number of nitro groups is 1. The predicted octanol–water partition coefficient (Wildman–Crippen LogP) is 2.52. The smallest absolute Gasteiger partial charge is 0.348 e. The van der Waals surface area contributed by atoms with Crippen molar-refractivity contribution in [2.45, 2.75) is 20.3 Å². The molecule has 0 atom stereocenters. The first kappa shape index (κ1) is 32.5. The van der Waals surface area contributed by atoms with E-state index in [1.54, 1.807) is 12.1 Å². The van der Waals surface area contributed by atoms with Crippen molar-refractivity contribution < 1.29 is 43.4 Å². The minimum atomic E-state index is -0.902. The molecule has 4 N–H and O–H groups in total. The second-order valence-electron chi connectivity index (χ2n) is 8.08. The second kappa shape index (κ2) is 17.8. The number of aliphatic carboxylic acids is 1. The number of carboxylic acid groups (broad SMARTS) is 1. The zero-order valence-electron chi connectivity index (χ0n) is 22.2. The number of hydrogen-bond donors (Lipinski definition) is 4. The number of carbonyl (C=O) groups is 3. The van der Waals surface area contributed by atoms with Crippen molar-refractivity contribution in [1.82, 2.24) is 4.98 Å². The lowest BCUT2D eigenvalue weighted by molar-refractivity contribution is -0.380. The average Bonchev–Trinajstić information content (AvgIpc) is 3.25. The molecule has 0 aliphatic rings. The standard InChI is InChI=1S/C24H33N5O10S/c1-16-23(29(34)35)40-24(26-16)28-22(33)19-4-3-18(15-20(19)27-17(2)30)25-6-8-37-10-12-39-14-13-38-11-9-36-7-5-21(31)32/h3-4,15,25H,5-14H2,1-2H3,(H,27,30)(H,31,32)(H,26,28,33). The van der Waals surface area contributed by atoms with Crippen LogP contribution in [0.2, 0.25) is 0 Å². The summed E-state index contributed by atoms with van der Waals surface area (Å²) in [4.78, 5) is 49.3. The van der Waals surface area contributed by atoms with Gasteiger partial charge in [0.25, 0.3) is 5.91 Å². The predicted molar refractivity (Wildman–Crippen MR) is 146 cm³/mol. The van der Waals surface area contributed by atoms with Gasteiger partial charge in [0, 0.05) is 19.2 Å². The molecule has 0 aliphatic heterocycles. The molecular formula is C24H33N5O10S. The normalized spacial score (nSPS) is 10.8. The number of rotatable bonds is 20. The Labute approximate surface area is 234 Å². The Kier molecular flexibility index (Phi) is 14.5. The van der Waals surface area contributed by atoms with Crippen LogP contribution < -0.4 is 16.0 Å². The van der Waals surface area contributed by atoms with Crippen molar-refractivity contribution in [3.05, 3.63) is 39.6 Å². The molecule has 15 nitrogen and oxygen atoms in total. The number of anilines is 3. The van der Waals surface area contributed by atoms with Crippen LogP contribution in [0, 0.1) is 17.0 Å². The Bertz CT molecular complexity index is 1140. The van der Waals surface area contributed by atoms with Gasteiger partial charge in [-0.1, -0.05) is 0 Å². The van der Waals surface area contributed by atoms with Crippen LogP contribution in [0.5, 0.6) is 0 Å². The minimum Gasteiger partial charge on any atom is -0.481 e. The molecule has 1 aromatic carbocycles. The second-order valence-corrected chi connectivity index (χ2v) is 9.06. The molecule has 0 aliphatic carbocycles. The zero-order chi connectivity index (χ0) is 29.3. The third-order valence-corrected chi connectivity index (χ3v) is 5.91. The van der Waals surface area contributed by atoms with Gasteiger partial charge in [-0.2, -0.15) is 0 Å². The summed E-state index contributed by atoms with van der Waals surface area (Å²) in [6.07, 6.45) is -0.0344. The molecule has 0 saturated carbocycles. The van der Waals surface area contributed by atoms with Gasteiger partial charge in [0.1, 0.15) is 5.69 Å². The molecule has 0 bridgehead atoms. The summed E-state index contributed by atoms with van der Waals surface area (Å²) in [6.45, 7) is 6.02. The highest BCUT2D eigenvalue weighted by molar-refractivity contribution is 7.19. The van der Waals surface area contributed by atoms with Crippen LogP contribution in [0.4, 0.5) is 21.5 Å². The molecule has 2 aromatic rings. The number of nitrogens with zero attached hydrogens (tertiary/aromatic N) is 2. The molecule has 16 heteroatoms. The molecule has 1 aromatic heterocycles. The van der Waals surface area contributed by atoms with Crippen LogP contribution in [0.1, 0.15) is 29.4 Å². The lowest BCUT2D eigenvalue weighted by atomic mass is 10.1. The number of hydrogen-bond acceptors (Lipinski definition) is 12.